The molecule has 0 fully saturated rings. The number of pyridine rings is 1. The van der Waals surface area contributed by atoms with Crippen molar-refractivity contribution < 1.29 is 4.79 Å². The van der Waals surface area contributed by atoms with Gasteiger partial charge in [0, 0.05) is 16.6 Å². The Balaban J connectivity index is 2.08. The molecule has 5 nitrogen and oxygen atoms in total. The Morgan fingerprint density at radius 2 is 1.65 bits per heavy atom. The first-order valence-corrected chi connectivity index (χ1v) is 8.80. The zero-order valence-electron chi connectivity index (χ0n) is 13.8. The van der Waals surface area contributed by atoms with Gasteiger partial charge in [0.05, 0.1) is 11.4 Å². The molecule has 4 rings (SSSR count). The summed E-state index contributed by atoms with van der Waals surface area (Å²) in [7, 11) is 0. The predicted octanol–water partition coefficient (Wildman–Crippen LogP) is 3.89. The van der Waals surface area contributed by atoms with E-state index in [1.54, 1.807) is 0 Å². The molecule has 6 N–H and O–H groups in total. The summed E-state index contributed by atoms with van der Waals surface area (Å²) >= 11 is 1.21. The molecule has 0 atom stereocenters. The lowest BCUT2D eigenvalue weighted by atomic mass is 9.99. The first kappa shape index (κ1) is 16.1. The van der Waals surface area contributed by atoms with Crippen LogP contribution in [0.3, 0.4) is 0 Å². The lowest BCUT2D eigenvalue weighted by Crippen LogP contribution is -2.10. The third-order valence-electron chi connectivity index (χ3n) is 4.19. The summed E-state index contributed by atoms with van der Waals surface area (Å²) in [5.41, 5.74) is 22.3. The van der Waals surface area contributed by atoms with Crippen molar-refractivity contribution in [3.05, 3.63) is 65.5 Å². The highest BCUT2D eigenvalue weighted by molar-refractivity contribution is 7.21. The van der Waals surface area contributed by atoms with E-state index in [0.717, 1.165) is 27.8 Å². The fourth-order valence-electron chi connectivity index (χ4n) is 2.99. The number of nitrogens with two attached hydrogens (primary N) is 3. The lowest BCUT2D eigenvalue weighted by molar-refractivity contribution is 0.100. The summed E-state index contributed by atoms with van der Waals surface area (Å²) < 4.78 is 0. The fraction of sp³-hybridized carbons (Fsp3) is 0. The van der Waals surface area contributed by atoms with Gasteiger partial charge in [0.25, 0.3) is 5.91 Å². The molecule has 0 saturated carbocycles. The Bertz CT molecular complexity index is 1140. The second-order valence-corrected chi connectivity index (χ2v) is 6.93. The second-order valence-electron chi connectivity index (χ2n) is 5.94. The standard InChI is InChI=1S/C20H16N4OS/c21-13-8-4-7-12(9-13)14-10-15(11-5-2-1-3-6-11)24-20-16(14)17(22)18(26-20)19(23)25/h1-10H,21-22H2,(H2,23,25). The Morgan fingerprint density at radius 3 is 2.35 bits per heavy atom. The van der Waals surface area contributed by atoms with Crippen molar-refractivity contribution in [3.63, 3.8) is 0 Å². The van der Waals surface area contributed by atoms with Gasteiger partial charge in [-0.3, -0.25) is 4.79 Å². The van der Waals surface area contributed by atoms with Crippen molar-refractivity contribution in [1.82, 2.24) is 4.98 Å². The van der Waals surface area contributed by atoms with E-state index in [0.29, 0.717) is 21.1 Å². The molecule has 0 aliphatic carbocycles. The highest BCUT2D eigenvalue weighted by atomic mass is 32.1. The summed E-state index contributed by atoms with van der Waals surface area (Å²) in [5.74, 6) is -0.551. The van der Waals surface area contributed by atoms with Gasteiger partial charge in [-0.1, -0.05) is 42.5 Å². The van der Waals surface area contributed by atoms with E-state index in [2.05, 4.69) is 0 Å². The zero-order valence-corrected chi connectivity index (χ0v) is 14.6. The van der Waals surface area contributed by atoms with Gasteiger partial charge in [0.15, 0.2) is 0 Å². The first-order valence-electron chi connectivity index (χ1n) is 7.99. The topological polar surface area (TPSA) is 108 Å². The van der Waals surface area contributed by atoms with Crippen LogP contribution < -0.4 is 17.2 Å². The second kappa shape index (κ2) is 6.16. The van der Waals surface area contributed by atoms with Gasteiger partial charge >= 0.3 is 0 Å². The number of anilines is 2. The molecule has 0 saturated heterocycles. The molecule has 0 bridgehead atoms. The SMILES string of the molecule is NC(=O)c1sc2nc(-c3ccccc3)cc(-c3cccc(N)c3)c2c1N. The Hall–Kier alpha value is -3.38. The van der Waals surface area contributed by atoms with E-state index < -0.39 is 5.91 Å². The fourth-order valence-corrected chi connectivity index (χ4v) is 3.97. The lowest BCUT2D eigenvalue weighted by Gasteiger charge is -2.09. The number of nitrogens with zero attached hydrogens (tertiary/aromatic N) is 1. The predicted molar refractivity (Wildman–Crippen MR) is 108 cm³/mol. The van der Waals surface area contributed by atoms with Crippen LogP contribution in [0.5, 0.6) is 0 Å². The molecule has 0 unspecified atom stereocenters. The molecule has 1 amide bonds. The molecule has 2 heterocycles. The average Bonchev–Trinajstić information content (AvgIpc) is 2.99. The molecule has 4 aromatic rings. The van der Waals surface area contributed by atoms with Crippen LogP contribution in [0.4, 0.5) is 11.4 Å². The molecule has 0 spiro atoms. The van der Waals surface area contributed by atoms with Crippen molar-refractivity contribution >= 4 is 38.8 Å². The Labute approximate surface area is 154 Å². The number of primary amides is 1. The first-order chi connectivity index (χ1) is 12.5. The van der Waals surface area contributed by atoms with Crippen LogP contribution in [-0.2, 0) is 0 Å². The number of benzene rings is 2. The molecule has 26 heavy (non-hydrogen) atoms. The number of carbonyl (C=O) groups is 1. The smallest absolute Gasteiger partial charge is 0.260 e. The molecule has 6 heteroatoms. The maximum absolute atomic E-state index is 11.8. The van der Waals surface area contributed by atoms with Crippen LogP contribution in [0.15, 0.2) is 60.7 Å². The van der Waals surface area contributed by atoms with Crippen LogP contribution in [0.1, 0.15) is 9.67 Å². The summed E-state index contributed by atoms with van der Waals surface area (Å²) in [5, 5.41) is 0.731. The van der Waals surface area contributed by atoms with Crippen molar-refractivity contribution in [2.24, 2.45) is 5.73 Å². The zero-order chi connectivity index (χ0) is 18.3. The minimum absolute atomic E-state index is 0.322. The summed E-state index contributed by atoms with van der Waals surface area (Å²) in [4.78, 5) is 17.5. The highest BCUT2D eigenvalue weighted by Crippen LogP contribution is 2.41. The number of hydrogen-bond acceptors (Lipinski definition) is 5. The monoisotopic (exact) mass is 360 g/mol. The third kappa shape index (κ3) is 2.66. The van der Waals surface area contributed by atoms with E-state index in [1.807, 2.05) is 60.7 Å². The van der Waals surface area contributed by atoms with Crippen LogP contribution in [0.25, 0.3) is 32.6 Å². The Kier molecular flexibility index (Phi) is 3.82. The number of hydrogen-bond donors (Lipinski definition) is 3. The molecule has 0 aliphatic rings. The molecule has 128 valence electrons. The summed E-state index contributed by atoms with van der Waals surface area (Å²) in [6.45, 7) is 0. The minimum atomic E-state index is -0.551. The van der Waals surface area contributed by atoms with Crippen LogP contribution in [0.2, 0.25) is 0 Å². The number of rotatable bonds is 3. The maximum atomic E-state index is 11.8. The highest BCUT2D eigenvalue weighted by Gasteiger charge is 2.20. The van der Waals surface area contributed by atoms with E-state index in [9.17, 15) is 4.79 Å². The van der Waals surface area contributed by atoms with E-state index in [4.69, 9.17) is 22.2 Å². The number of fused-ring (bicyclic) bond motifs is 1. The van der Waals surface area contributed by atoms with Gasteiger partial charge in [-0.2, -0.15) is 0 Å². The minimum Gasteiger partial charge on any atom is -0.399 e. The molecular weight excluding hydrogens is 344 g/mol. The number of amides is 1. The molecule has 2 aromatic carbocycles. The maximum Gasteiger partial charge on any atom is 0.260 e. The van der Waals surface area contributed by atoms with Crippen molar-refractivity contribution in [3.8, 4) is 22.4 Å². The van der Waals surface area contributed by atoms with E-state index >= 15 is 0 Å². The molecule has 0 aliphatic heterocycles. The molecule has 0 radical (unpaired) electrons. The summed E-state index contributed by atoms with van der Waals surface area (Å²) in [6, 6.07) is 19.4. The van der Waals surface area contributed by atoms with E-state index in [-0.39, 0.29) is 0 Å². The van der Waals surface area contributed by atoms with Crippen molar-refractivity contribution in [1.29, 1.82) is 0 Å². The van der Waals surface area contributed by atoms with Crippen LogP contribution in [-0.4, -0.2) is 10.9 Å². The van der Waals surface area contributed by atoms with Gasteiger partial charge in [-0.05, 0) is 29.3 Å². The van der Waals surface area contributed by atoms with Gasteiger partial charge in [-0.15, -0.1) is 11.3 Å². The number of aromatic nitrogens is 1. The van der Waals surface area contributed by atoms with Crippen LogP contribution >= 0.6 is 11.3 Å². The summed E-state index contributed by atoms with van der Waals surface area (Å²) in [6.07, 6.45) is 0. The average molecular weight is 360 g/mol. The number of nitrogen functional groups attached to an aromatic ring is 2. The largest absolute Gasteiger partial charge is 0.399 e. The van der Waals surface area contributed by atoms with Gasteiger partial charge < -0.3 is 17.2 Å². The normalized spacial score (nSPS) is 10.9. The third-order valence-corrected chi connectivity index (χ3v) is 5.30. The Morgan fingerprint density at radius 1 is 0.923 bits per heavy atom. The van der Waals surface area contributed by atoms with Gasteiger partial charge in [0.2, 0.25) is 0 Å². The van der Waals surface area contributed by atoms with Crippen molar-refractivity contribution in [2.45, 2.75) is 0 Å². The van der Waals surface area contributed by atoms with Crippen LogP contribution in [0, 0.1) is 0 Å². The van der Waals surface area contributed by atoms with E-state index in [1.165, 1.54) is 11.3 Å². The van der Waals surface area contributed by atoms with Crippen molar-refractivity contribution in [2.75, 3.05) is 11.5 Å². The van der Waals surface area contributed by atoms with Gasteiger partial charge in [0.1, 0.15) is 9.71 Å². The molecule has 2 aromatic heterocycles. The van der Waals surface area contributed by atoms with Gasteiger partial charge in [-0.25, -0.2) is 4.98 Å². The number of carbonyl (C=O) groups excluding carboxylic acids is 1. The number of thiophene rings is 1. The molecular formula is C20H16N4OS. The quantitative estimate of drug-likeness (QED) is 0.482.